The van der Waals surface area contributed by atoms with Gasteiger partial charge in [0.1, 0.15) is 18.3 Å². The van der Waals surface area contributed by atoms with E-state index in [0.717, 1.165) is 6.42 Å². The predicted molar refractivity (Wildman–Crippen MR) is 112 cm³/mol. The minimum atomic E-state index is -1.75. The Morgan fingerprint density at radius 1 is 1.00 bits per heavy atom. The molecular weight excluding hydrogens is 388 g/mol. The maximum Gasteiger partial charge on any atom is 0.184 e. The van der Waals surface area contributed by atoms with Crippen molar-refractivity contribution in [2.24, 2.45) is 0 Å². The fourth-order valence-corrected chi connectivity index (χ4v) is 6.12. The summed E-state index contributed by atoms with van der Waals surface area (Å²) in [6.07, 6.45) is 4.69. The minimum Gasteiger partial charge on any atom is -0.412 e. The Balaban J connectivity index is 2.23. The summed E-state index contributed by atoms with van der Waals surface area (Å²) in [5.41, 5.74) is 0. The molecule has 154 valence electrons. The van der Waals surface area contributed by atoms with Crippen LogP contribution in [0.5, 0.6) is 0 Å². The van der Waals surface area contributed by atoms with Crippen molar-refractivity contribution in [1.82, 2.24) is 0 Å². The van der Waals surface area contributed by atoms with E-state index >= 15 is 0 Å². The second-order valence-electron chi connectivity index (χ2n) is 8.84. The first-order valence-electron chi connectivity index (χ1n) is 9.26. The fraction of sp³-hybridized carbons (Fsp3) is 1.00. The molecule has 0 amide bonds. The van der Waals surface area contributed by atoms with Crippen LogP contribution in [-0.4, -0.2) is 68.0 Å². The Bertz CT molecular complexity index is 465. The molecule has 0 radical (unpaired) electrons. The largest absolute Gasteiger partial charge is 0.412 e. The van der Waals surface area contributed by atoms with Gasteiger partial charge in [0, 0.05) is 0 Å². The molecule has 0 N–H and O–H groups in total. The van der Waals surface area contributed by atoms with Crippen LogP contribution in [0.15, 0.2) is 0 Å². The molecule has 2 rings (SSSR count). The van der Waals surface area contributed by atoms with Crippen LogP contribution in [0.25, 0.3) is 0 Å². The van der Waals surface area contributed by atoms with Gasteiger partial charge in [-0.2, -0.15) is 23.5 Å². The first kappa shape index (κ1) is 23.0. The first-order chi connectivity index (χ1) is 11.9. The van der Waals surface area contributed by atoms with Gasteiger partial charge in [0.25, 0.3) is 0 Å². The van der Waals surface area contributed by atoms with Crippen LogP contribution in [0.4, 0.5) is 0 Å². The Labute approximate surface area is 168 Å². The van der Waals surface area contributed by atoms with E-state index < -0.39 is 19.9 Å². The number of rotatable bonds is 8. The van der Waals surface area contributed by atoms with Crippen molar-refractivity contribution in [1.29, 1.82) is 0 Å². The lowest BCUT2D eigenvalue weighted by Gasteiger charge is -2.35. The maximum absolute atomic E-state index is 6.60. The zero-order chi connectivity index (χ0) is 19.8. The molecule has 26 heavy (non-hydrogen) atoms. The molecule has 0 aromatic heterocycles. The van der Waals surface area contributed by atoms with Gasteiger partial charge in [-0.1, -0.05) is 0 Å². The highest BCUT2D eigenvalue weighted by molar-refractivity contribution is 8.16. The van der Waals surface area contributed by atoms with E-state index in [1.165, 1.54) is 0 Å². The fourth-order valence-electron chi connectivity index (χ4n) is 3.45. The zero-order valence-electron chi connectivity index (χ0n) is 17.7. The van der Waals surface area contributed by atoms with E-state index in [1.807, 2.05) is 51.2 Å². The third kappa shape index (κ3) is 6.37. The number of hydrogen-bond donors (Lipinski definition) is 0. The molecule has 0 spiro atoms. The molecule has 5 nitrogen and oxygen atoms in total. The van der Waals surface area contributed by atoms with Gasteiger partial charge >= 0.3 is 0 Å². The average molecular weight is 425 g/mol. The van der Waals surface area contributed by atoms with Gasteiger partial charge in [0.15, 0.2) is 19.9 Å². The molecule has 4 atom stereocenters. The third-order valence-electron chi connectivity index (χ3n) is 4.38. The summed E-state index contributed by atoms with van der Waals surface area (Å²) in [7, 11) is -1.75. The highest BCUT2D eigenvalue weighted by Crippen LogP contribution is 2.40. The van der Waals surface area contributed by atoms with Gasteiger partial charge in [-0.05, 0) is 66.3 Å². The lowest BCUT2D eigenvalue weighted by molar-refractivity contribution is -0.175. The highest BCUT2D eigenvalue weighted by Gasteiger charge is 2.53. The Kier molecular flexibility index (Phi) is 7.62. The minimum absolute atomic E-state index is 0.0225. The lowest BCUT2D eigenvalue weighted by Crippen LogP contribution is -2.48. The molecule has 2 fully saturated rings. The summed E-state index contributed by atoms with van der Waals surface area (Å²) in [6.45, 7) is 15.0. The van der Waals surface area contributed by atoms with E-state index in [2.05, 4.69) is 32.2 Å². The van der Waals surface area contributed by atoms with Gasteiger partial charge in [0.05, 0.1) is 17.3 Å². The monoisotopic (exact) mass is 424 g/mol. The number of ether oxygens (including phenoxy) is 4. The Morgan fingerprint density at radius 3 is 2.08 bits per heavy atom. The van der Waals surface area contributed by atoms with Crippen LogP contribution >= 0.6 is 23.5 Å². The second-order valence-corrected chi connectivity index (χ2v) is 15.7. The normalized spacial score (nSPS) is 32.3. The molecular formula is C18H36O5S2Si. The average Bonchev–Trinajstić information content (AvgIpc) is 3.01. The summed E-state index contributed by atoms with van der Waals surface area (Å²) in [6, 6.07) is 0. The highest BCUT2D eigenvalue weighted by atomic mass is 32.2. The molecule has 2 saturated heterocycles. The summed E-state index contributed by atoms with van der Waals surface area (Å²) in [5, 5.41) is 0. The first-order valence-corrected chi connectivity index (χ1v) is 15.2. The Hall–Kier alpha value is 0.717. The molecule has 8 heteroatoms. The number of hydrogen-bond acceptors (Lipinski definition) is 7. The lowest BCUT2D eigenvalue weighted by atomic mass is 10.0. The van der Waals surface area contributed by atoms with E-state index in [9.17, 15) is 0 Å². The van der Waals surface area contributed by atoms with E-state index in [-0.39, 0.29) is 24.4 Å². The number of thioether (sulfide) groups is 2. The molecule has 0 bridgehead atoms. The van der Waals surface area contributed by atoms with E-state index in [0.29, 0.717) is 11.2 Å². The molecule has 0 unspecified atom stereocenters. The van der Waals surface area contributed by atoms with Crippen molar-refractivity contribution in [3.8, 4) is 0 Å². The van der Waals surface area contributed by atoms with Gasteiger partial charge in [-0.15, -0.1) is 0 Å². The molecule has 0 aromatic rings. The van der Waals surface area contributed by atoms with E-state index in [1.54, 1.807) is 0 Å². The van der Waals surface area contributed by atoms with Gasteiger partial charge in [-0.25, -0.2) is 0 Å². The van der Waals surface area contributed by atoms with Crippen molar-refractivity contribution in [3.63, 3.8) is 0 Å². The SMILES string of the molecule is CSC(C[C@@H](O[Si](C)(C)C)[C@H]1OC(C)(C)O[C@@H]1[C@H]1COC(C)(C)O1)SC. The van der Waals surface area contributed by atoms with Crippen LogP contribution in [0.2, 0.25) is 19.6 Å². The zero-order valence-corrected chi connectivity index (χ0v) is 20.3. The molecule has 2 heterocycles. The topological polar surface area (TPSA) is 46.2 Å². The summed E-state index contributed by atoms with van der Waals surface area (Å²) >= 11 is 3.72. The summed E-state index contributed by atoms with van der Waals surface area (Å²) in [4.78, 5) is 0. The standard InChI is InChI=1S/C18H36O5S2Si/c1-17(2)19-11-13(20-17)16-15(21-18(3,4)22-16)12(23-26(7,8)9)10-14(24-5)25-6/h12-16H,10-11H2,1-9H3/t12-,13-,15-,16-/m1/s1. The van der Waals surface area contributed by atoms with Crippen molar-refractivity contribution in [2.75, 3.05) is 19.1 Å². The van der Waals surface area contributed by atoms with Crippen molar-refractivity contribution in [3.05, 3.63) is 0 Å². The van der Waals surface area contributed by atoms with Crippen LogP contribution in [0, 0.1) is 0 Å². The van der Waals surface area contributed by atoms with Crippen LogP contribution in [0.1, 0.15) is 34.1 Å². The van der Waals surface area contributed by atoms with E-state index in [4.69, 9.17) is 23.4 Å². The third-order valence-corrected chi connectivity index (χ3v) is 7.98. The molecule has 2 aliphatic heterocycles. The van der Waals surface area contributed by atoms with Crippen molar-refractivity contribution >= 4 is 31.8 Å². The molecule has 0 aliphatic carbocycles. The quantitative estimate of drug-likeness (QED) is 0.425. The maximum atomic E-state index is 6.60. The Morgan fingerprint density at radius 2 is 1.62 bits per heavy atom. The van der Waals surface area contributed by atoms with Gasteiger partial charge in [-0.3, -0.25) is 0 Å². The summed E-state index contributed by atoms with van der Waals surface area (Å²) < 4.78 is 31.6. The molecule has 0 aromatic carbocycles. The van der Waals surface area contributed by atoms with Crippen LogP contribution in [-0.2, 0) is 23.4 Å². The molecule has 0 saturated carbocycles. The molecule has 2 aliphatic rings. The second kappa shape index (κ2) is 8.61. The summed E-state index contributed by atoms with van der Waals surface area (Å²) in [5.74, 6) is -1.23. The van der Waals surface area contributed by atoms with Crippen molar-refractivity contribution in [2.45, 2.75) is 94.3 Å². The van der Waals surface area contributed by atoms with Crippen molar-refractivity contribution < 1.29 is 23.4 Å². The smallest absolute Gasteiger partial charge is 0.184 e. The van der Waals surface area contributed by atoms with Gasteiger partial charge < -0.3 is 23.4 Å². The predicted octanol–water partition coefficient (Wildman–Crippen LogP) is 4.32. The van der Waals surface area contributed by atoms with Crippen LogP contribution < -0.4 is 0 Å². The van der Waals surface area contributed by atoms with Crippen LogP contribution in [0.3, 0.4) is 0 Å². The van der Waals surface area contributed by atoms with Gasteiger partial charge in [0.2, 0.25) is 0 Å².